The van der Waals surface area contributed by atoms with Gasteiger partial charge >= 0.3 is 0 Å². The minimum Gasteiger partial charge on any atom is -0.358 e. The average molecular weight is 1430 g/mol. The van der Waals surface area contributed by atoms with Gasteiger partial charge in [0.05, 0.1) is 0 Å². The fourth-order valence-corrected chi connectivity index (χ4v) is 12.7. The van der Waals surface area contributed by atoms with Crippen LogP contribution < -0.4 is 0 Å². The van der Waals surface area contributed by atoms with E-state index in [0.717, 1.165) is 12.8 Å². The Hall–Kier alpha value is -7.68. The van der Waals surface area contributed by atoms with E-state index in [1.54, 1.807) is 13.1 Å². The standard InChI is InChI=1S/4C20H15.C6H12.2CH3Si.4CH3.2Zr/c4*1-14-12-16-8-5-11-19(20(16)13-14)18-10-4-7-15-6-2-3-9-17(15)18;1-3-5-6-4-2;2*1-2;;;;;;/h4*2-13H,1H3;1-6H2;2*1H3;4*1H3;;/q4*-1;-2;;;4*-1;;. The molecule has 16 rings (SSSR count). The van der Waals surface area contributed by atoms with E-state index in [-0.39, 0.29) is 82.1 Å². The third-order valence-electron chi connectivity index (χ3n) is 16.6. The van der Waals surface area contributed by atoms with Crippen molar-refractivity contribution in [3.05, 3.63) is 357 Å². The third-order valence-corrected chi connectivity index (χ3v) is 16.6. The van der Waals surface area contributed by atoms with Crippen molar-refractivity contribution < 1.29 is 52.4 Å². The predicted molar refractivity (Wildman–Crippen MR) is 427 cm³/mol. The molecule has 0 aliphatic heterocycles. The van der Waals surface area contributed by atoms with Crippen LogP contribution in [-0.4, -0.2) is 20.5 Å². The van der Waals surface area contributed by atoms with Gasteiger partial charge in [0.1, 0.15) is 0 Å². The van der Waals surface area contributed by atoms with Gasteiger partial charge in [-0.15, -0.1) is 138 Å². The first kappa shape index (κ1) is 80.8. The van der Waals surface area contributed by atoms with Crippen molar-refractivity contribution in [3.8, 4) is 44.5 Å². The molecule has 0 aliphatic rings. The molecule has 0 atom stereocenters. The molecule has 0 nitrogen and oxygen atoms in total. The maximum atomic E-state index is 3.70. The molecule has 0 aromatic heterocycles. The fraction of sp³-hybridized carbons (Fsp3) is 0.109. The zero-order valence-electron chi connectivity index (χ0n) is 58.0. The molecule has 0 heterocycles. The van der Waals surface area contributed by atoms with E-state index in [1.165, 1.54) is 166 Å². The van der Waals surface area contributed by atoms with Gasteiger partial charge in [0.15, 0.2) is 0 Å². The molecular formula is C92H90Si2Zr2-10. The molecule has 0 fully saturated rings. The second-order valence-corrected chi connectivity index (χ2v) is 22.9. The van der Waals surface area contributed by atoms with E-state index in [9.17, 15) is 0 Å². The van der Waals surface area contributed by atoms with Crippen molar-refractivity contribution in [2.75, 3.05) is 0 Å². The van der Waals surface area contributed by atoms with Crippen LogP contribution in [0.25, 0.3) is 131 Å². The van der Waals surface area contributed by atoms with Gasteiger partial charge in [-0.2, -0.15) is 37.1 Å². The van der Waals surface area contributed by atoms with Crippen molar-refractivity contribution in [1.82, 2.24) is 0 Å². The average Bonchev–Trinajstić information content (AvgIpc) is 1.43. The monoisotopic (exact) mass is 1430 g/mol. The van der Waals surface area contributed by atoms with Crippen LogP contribution in [0.2, 0.25) is 13.1 Å². The summed E-state index contributed by atoms with van der Waals surface area (Å²) in [4.78, 5) is 0. The van der Waals surface area contributed by atoms with Crippen molar-refractivity contribution in [1.29, 1.82) is 0 Å². The van der Waals surface area contributed by atoms with Crippen LogP contribution in [0.3, 0.4) is 0 Å². The van der Waals surface area contributed by atoms with Crippen LogP contribution in [0.15, 0.2) is 291 Å². The number of hydrogen-bond donors (Lipinski definition) is 0. The Kier molecular flexibility index (Phi) is 33.2. The molecule has 4 heteroatoms. The number of hydrogen-bond acceptors (Lipinski definition) is 0. The van der Waals surface area contributed by atoms with Gasteiger partial charge in [-0.3, -0.25) is 0 Å². The predicted octanol–water partition coefficient (Wildman–Crippen LogP) is 27.2. The Labute approximate surface area is 621 Å². The summed E-state index contributed by atoms with van der Waals surface area (Å²) < 4.78 is 0. The Bertz CT molecular complexity index is 4340. The van der Waals surface area contributed by atoms with Gasteiger partial charge in [-0.1, -0.05) is 270 Å². The van der Waals surface area contributed by atoms with Crippen LogP contribution in [-0.2, 0) is 52.4 Å². The summed E-state index contributed by atoms with van der Waals surface area (Å²) in [6.07, 6.45) is 4.61. The molecular weight excluding hydrogens is 1340 g/mol. The number of benzene rings is 12. The third kappa shape index (κ3) is 18.7. The van der Waals surface area contributed by atoms with E-state index >= 15 is 0 Å². The smallest absolute Gasteiger partial charge is 0.0184 e. The van der Waals surface area contributed by atoms with Gasteiger partial charge in [0, 0.05) is 72.9 Å². The second-order valence-electron chi connectivity index (χ2n) is 22.9. The van der Waals surface area contributed by atoms with Crippen molar-refractivity contribution in [2.24, 2.45) is 0 Å². The molecule has 0 bridgehead atoms. The van der Waals surface area contributed by atoms with Gasteiger partial charge in [0.25, 0.3) is 0 Å². The second kappa shape index (κ2) is 39.5. The molecule has 0 N–H and O–H groups in total. The summed E-state index contributed by atoms with van der Waals surface area (Å²) in [5.41, 5.74) is 15.9. The normalized spacial score (nSPS) is 10.1. The van der Waals surface area contributed by atoms with Gasteiger partial charge in [-0.05, 0) is 65.3 Å². The Morgan fingerprint density at radius 1 is 0.240 bits per heavy atom. The number of fused-ring (bicyclic) bond motifs is 8. The summed E-state index contributed by atoms with van der Waals surface area (Å²) in [6, 6.07) is 105. The SMILES string of the molecule is C[Si].C[Si].Cc1cc2c(-c3cccc4ccccc34)cccc2[cH-]1.Cc1cc2c(-c3cccc4ccccc34)cccc2[cH-]1.Cc1cc2c(-c3cccc4ccccc34)cccc2[cH-]1.Cc1cc2c(-c3cccc4ccccc34)cccc2[cH-]1.[CH2-]CCCC[CH2-].[CH3-].[CH3-].[CH3-].[CH3-].[Zr].[Zr]. The van der Waals surface area contributed by atoms with Crippen molar-refractivity contribution >= 4 is 107 Å². The van der Waals surface area contributed by atoms with Gasteiger partial charge < -0.3 is 43.6 Å². The fourth-order valence-electron chi connectivity index (χ4n) is 12.7. The molecule has 0 amide bonds. The summed E-state index contributed by atoms with van der Waals surface area (Å²) in [6.45, 7) is 19.6. The maximum absolute atomic E-state index is 3.70. The molecule has 0 spiro atoms. The summed E-state index contributed by atoms with van der Waals surface area (Å²) in [7, 11) is 5.94. The Morgan fingerprint density at radius 3 is 0.604 bits per heavy atom. The maximum Gasteiger partial charge on any atom is 0.0184 e. The minimum atomic E-state index is 0. The molecule has 96 heavy (non-hydrogen) atoms. The molecule has 6 radical (unpaired) electrons. The summed E-state index contributed by atoms with van der Waals surface area (Å²) in [5, 5.41) is 21.2. The molecule has 16 aromatic carbocycles. The molecule has 0 aliphatic carbocycles. The first-order valence-corrected chi connectivity index (χ1v) is 33.4. The summed E-state index contributed by atoms with van der Waals surface area (Å²) in [5.74, 6) is 0. The Balaban J connectivity index is 0.000000255. The van der Waals surface area contributed by atoms with Crippen LogP contribution in [0.1, 0.15) is 47.9 Å². The molecule has 0 unspecified atom stereocenters. The Morgan fingerprint density at radius 2 is 0.406 bits per heavy atom. The van der Waals surface area contributed by atoms with Gasteiger partial charge in [-0.25, -0.2) is 0 Å². The molecule has 16 aromatic rings. The zero-order valence-corrected chi connectivity index (χ0v) is 64.9. The minimum absolute atomic E-state index is 0. The van der Waals surface area contributed by atoms with Crippen molar-refractivity contribution in [3.63, 3.8) is 0 Å². The quantitative estimate of drug-likeness (QED) is 0.0848. The zero-order chi connectivity index (χ0) is 62.9. The van der Waals surface area contributed by atoms with Crippen LogP contribution >= 0.6 is 0 Å². The van der Waals surface area contributed by atoms with Crippen LogP contribution in [0.4, 0.5) is 0 Å². The van der Waals surface area contributed by atoms with E-state index in [4.69, 9.17) is 0 Å². The van der Waals surface area contributed by atoms with E-state index in [2.05, 4.69) is 353 Å². The van der Waals surface area contributed by atoms with Crippen molar-refractivity contribution in [2.45, 2.75) is 66.5 Å². The topological polar surface area (TPSA) is 0 Å². The molecule has 0 saturated heterocycles. The number of rotatable bonds is 7. The van der Waals surface area contributed by atoms with E-state index < -0.39 is 0 Å². The summed E-state index contributed by atoms with van der Waals surface area (Å²) >= 11 is 0. The first-order valence-electron chi connectivity index (χ1n) is 31.4. The van der Waals surface area contributed by atoms with Crippen LogP contribution in [0.5, 0.6) is 0 Å². The van der Waals surface area contributed by atoms with E-state index in [0.29, 0.717) is 0 Å². The largest absolute Gasteiger partial charge is 0.358 e. The van der Waals surface area contributed by atoms with Gasteiger partial charge in [0.2, 0.25) is 0 Å². The van der Waals surface area contributed by atoms with E-state index in [1.807, 2.05) is 0 Å². The number of aryl methyl sites for hydroxylation is 4. The molecule has 484 valence electrons. The molecule has 0 saturated carbocycles. The number of unbranched alkanes of at least 4 members (excludes halogenated alkanes) is 3. The van der Waals surface area contributed by atoms with Crippen LogP contribution in [0, 0.1) is 71.2 Å². The first-order chi connectivity index (χ1) is 44.2.